The number of carbonyl (C=O) groups excluding carboxylic acids is 1. The third-order valence-electron chi connectivity index (χ3n) is 2.93. The number of anilines is 2. The smallest absolute Gasteiger partial charge is 0.248 e. The largest absolute Gasteiger partial charge is 0.322 e. The van der Waals surface area contributed by atoms with Gasteiger partial charge in [-0.1, -0.05) is 17.7 Å². The molecule has 2 N–H and O–H groups in total. The van der Waals surface area contributed by atoms with Crippen LogP contribution in [-0.2, 0) is 14.8 Å². The maximum absolute atomic E-state index is 13.5. The Kier molecular flexibility index (Phi) is 5.76. The lowest BCUT2D eigenvalue weighted by molar-refractivity contribution is -0.111. The van der Waals surface area contributed by atoms with Gasteiger partial charge in [0.2, 0.25) is 15.9 Å². The first-order valence-electron chi connectivity index (χ1n) is 6.86. The summed E-state index contributed by atoms with van der Waals surface area (Å²) in [6, 6.07) is 7.51. The summed E-state index contributed by atoms with van der Waals surface area (Å²) >= 11 is 5.94. The predicted molar refractivity (Wildman–Crippen MR) is 93.9 cm³/mol. The highest BCUT2D eigenvalue weighted by Gasteiger charge is 2.09. The molecule has 0 spiro atoms. The minimum Gasteiger partial charge on any atom is -0.322 e. The topological polar surface area (TPSA) is 75.3 Å². The van der Waals surface area contributed by atoms with E-state index < -0.39 is 27.6 Å². The van der Waals surface area contributed by atoms with Crippen molar-refractivity contribution in [1.82, 2.24) is 0 Å². The molecule has 0 saturated heterocycles. The van der Waals surface area contributed by atoms with Gasteiger partial charge in [0.25, 0.3) is 0 Å². The summed E-state index contributed by atoms with van der Waals surface area (Å²) in [5.74, 6) is -2.21. The van der Waals surface area contributed by atoms with Gasteiger partial charge in [-0.3, -0.25) is 9.52 Å². The zero-order valence-corrected chi connectivity index (χ0v) is 14.5. The Hall–Kier alpha value is -2.45. The lowest BCUT2D eigenvalue weighted by atomic mass is 10.2. The first kappa shape index (κ1) is 18.9. The minimum atomic E-state index is -3.49. The number of sulfonamides is 1. The molecular formula is C16H13ClF2N2O3S. The van der Waals surface area contributed by atoms with Gasteiger partial charge in [0, 0.05) is 17.3 Å². The van der Waals surface area contributed by atoms with E-state index in [1.165, 1.54) is 24.3 Å². The second kappa shape index (κ2) is 7.62. The molecule has 0 aliphatic heterocycles. The molecular weight excluding hydrogens is 374 g/mol. The Morgan fingerprint density at radius 1 is 1.16 bits per heavy atom. The van der Waals surface area contributed by atoms with E-state index >= 15 is 0 Å². The average molecular weight is 387 g/mol. The number of hydrogen-bond donors (Lipinski definition) is 2. The van der Waals surface area contributed by atoms with Crippen LogP contribution in [0.25, 0.3) is 6.08 Å². The molecule has 0 aromatic heterocycles. The van der Waals surface area contributed by atoms with E-state index in [1.807, 2.05) is 0 Å². The molecule has 0 bridgehead atoms. The molecule has 0 saturated carbocycles. The van der Waals surface area contributed by atoms with Gasteiger partial charge >= 0.3 is 0 Å². The number of nitrogens with one attached hydrogen (secondary N) is 2. The van der Waals surface area contributed by atoms with Crippen molar-refractivity contribution in [3.05, 3.63) is 64.7 Å². The first-order chi connectivity index (χ1) is 11.7. The van der Waals surface area contributed by atoms with Crippen molar-refractivity contribution in [1.29, 1.82) is 0 Å². The van der Waals surface area contributed by atoms with Crippen molar-refractivity contribution >= 4 is 45.0 Å². The molecule has 132 valence electrons. The quantitative estimate of drug-likeness (QED) is 0.770. The van der Waals surface area contributed by atoms with Crippen LogP contribution in [0.5, 0.6) is 0 Å². The van der Waals surface area contributed by atoms with Crippen molar-refractivity contribution in [2.45, 2.75) is 0 Å². The molecule has 0 aliphatic carbocycles. The van der Waals surface area contributed by atoms with Crippen LogP contribution in [0, 0.1) is 11.6 Å². The number of halogens is 3. The summed E-state index contributed by atoms with van der Waals surface area (Å²) in [5.41, 5.74) is 0.113. The molecule has 5 nitrogen and oxygen atoms in total. The van der Waals surface area contributed by atoms with Gasteiger partial charge in [-0.15, -0.1) is 0 Å². The second-order valence-electron chi connectivity index (χ2n) is 5.03. The van der Waals surface area contributed by atoms with Crippen LogP contribution in [0.3, 0.4) is 0 Å². The molecule has 25 heavy (non-hydrogen) atoms. The fourth-order valence-corrected chi connectivity index (χ4v) is 2.75. The van der Waals surface area contributed by atoms with Crippen molar-refractivity contribution in [2.75, 3.05) is 16.3 Å². The number of hydrogen-bond acceptors (Lipinski definition) is 3. The van der Waals surface area contributed by atoms with Crippen molar-refractivity contribution in [3.63, 3.8) is 0 Å². The minimum absolute atomic E-state index is 0.0763. The molecule has 0 unspecified atom stereocenters. The SMILES string of the molecule is CS(=O)(=O)Nc1ccc(NC(=O)/C=C/c2c(F)cccc2F)cc1Cl. The normalized spacial score (nSPS) is 11.5. The summed E-state index contributed by atoms with van der Waals surface area (Å²) < 4.78 is 51.5. The van der Waals surface area contributed by atoms with Gasteiger partial charge in [-0.2, -0.15) is 0 Å². The molecule has 9 heteroatoms. The lowest BCUT2D eigenvalue weighted by Crippen LogP contribution is -2.11. The molecule has 0 atom stereocenters. The highest BCUT2D eigenvalue weighted by Crippen LogP contribution is 2.26. The number of carbonyl (C=O) groups is 1. The fraction of sp³-hybridized carbons (Fsp3) is 0.0625. The highest BCUT2D eigenvalue weighted by molar-refractivity contribution is 7.92. The van der Waals surface area contributed by atoms with E-state index in [1.54, 1.807) is 0 Å². The summed E-state index contributed by atoms with van der Waals surface area (Å²) in [4.78, 5) is 11.8. The zero-order chi connectivity index (χ0) is 18.6. The van der Waals surface area contributed by atoms with E-state index in [-0.39, 0.29) is 22.0 Å². The Morgan fingerprint density at radius 3 is 2.36 bits per heavy atom. The van der Waals surface area contributed by atoms with Gasteiger partial charge in [-0.05, 0) is 36.4 Å². The van der Waals surface area contributed by atoms with E-state index in [9.17, 15) is 22.0 Å². The van der Waals surface area contributed by atoms with Crippen molar-refractivity contribution in [3.8, 4) is 0 Å². The van der Waals surface area contributed by atoms with E-state index in [0.29, 0.717) is 0 Å². The van der Waals surface area contributed by atoms with Crippen LogP contribution in [0.2, 0.25) is 5.02 Å². The van der Waals surface area contributed by atoms with Gasteiger partial charge < -0.3 is 5.32 Å². The standard InChI is InChI=1S/C16H13ClF2N2O3S/c1-25(23,24)21-15-7-5-10(9-12(15)17)20-16(22)8-6-11-13(18)3-2-4-14(11)19/h2-9,21H,1H3,(H,20,22)/b8-6+. The Bertz CT molecular complexity index is 926. The third kappa shape index (κ3) is 5.54. The monoisotopic (exact) mass is 386 g/mol. The summed E-state index contributed by atoms with van der Waals surface area (Å²) in [7, 11) is -3.49. The summed E-state index contributed by atoms with van der Waals surface area (Å²) in [5, 5.41) is 2.53. The summed E-state index contributed by atoms with van der Waals surface area (Å²) in [6.45, 7) is 0. The Balaban J connectivity index is 2.11. The van der Waals surface area contributed by atoms with Crippen LogP contribution in [0.15, 0.2) is 42.5 Å². The van der Waals surface area contributed by atoms with Crippen LogP contribution < -0.4 is 10.0 Å². The van der Waals surface area contributed by atoms with Crippen molar-refractivity contribution in [2.24, 2.45) is 0 Å². The second-order valence-corrected chi connectivity index (χ2v) is 7.18. The molecule has 0 heterocycles. The molecule has 2 rings (SSSR count). The van der Waals surface area contributed by atoms with Crippen molar-refractivity contribution < 1.29 is 22.0 Å². The molecule has 2 aromatic rings. The van der Waals surface area contributed by atoms with Crippen LogP contribution in [0.4, 0.5) is 20.2 Å². The fourth-order valence-electron chi connectivity index (χ4n) is 1.89. The zero-order valence-electron chi connectivity index (χ0n) is 12.9. The predicted octanol–water partition coefficient (Wildman–Crippen LogP) is 3.64. The number of rotatable bonds is 5. The average Bonchev–Trinajstić information content (AvgIpc) is 2.48. The molecule has 2 aromatic carbocycles. The van der Waals surface area contributed by atoms with E-state index in [4.69, 9.17) is 11.6 Å². The maximum Gasteiger partial charge on any atom is 0.248 e. The summed E-state index contributed by atoms with van der Waals surface area (Å²) in [6.07, 6.45) is 2.96. The number of benzene rings is 2. The molecule has 0 radical (unpaired) electrons. The van der Waals surface area contributed by atoms with Crippen LogP contribution in [-0.4, -0.2) is 20.6 Å². The van der Waals surface area contributed by atoms with Gasteiger partial charge in [0.05, 0.1) is 17.0 Å². The Morgan fingerprint density at radius 2 is 1.80 bits per heavy atom. The van der Waals surface area contributed by atoms with Crippen LogP contribution >= 0.6 is 11.6 Å². The molecule has 0 aliphatic rings. The lowest BCUT2D eigenvalue weighted by Gasteiger charge is -2.08. The van der Waals surface area contributed by atoms with Gasteiger partial charge in [0.15, 0.2) is 0 Å². The number of amides is 1. The van der Waals surface area contributed by atoms with Crippen LogP contribution in [0.1, 0.15) is 5.56 Å². The highest BCUT2D eigenvalue weighted by atomic mass is 35.5. The third-order valence-corrected chi connectivity index (χ3v) is 3.84. The Labute approximate surface area is 148 Å². The van der Waals surface area contributed by atoms with Gasteiger partial charge in [0.1, 0.15) is 11.6 Å². The first-order valence-corrected chi connectivity index (χ1v) is 9.13. The van der Waals surface area contributed by atoms with E-state index in [2.05, 4.69) is 10.0 Å². The maximum atomic E-state index is 13.5. The molecule has 1 amide bonds. The van der Waals surface area contributed by atoms with E-state index in [0.717, 1.165) is 30.5 Å². The molecule has 0 fully saturated rings. The van der Waals surface area contributed by atoms with Gasteiger partial charge in [-0.25, -0.2) is 17.2 Å².